The van der Waals surface area contributed by atoms with Gasteiger partial charge in [-0.05, 0) is 62.4 Å². The minimum absolute atomic E-state index is 0.0865. The Kier molecular flexibility index (Phi) is 6.31. The van der Waals surface area contributed by atoms with E-state index in [0.29, 0.717) is 11.6 Å². The van der Waals surface area contributed by atoms with E-state index in [9.17, 15) is 19.2 Å². The molecule has 0 spiro atoms. The van der Waals surface area contributed by atoms with Gasteiger partial charge < -0.3 is 10.1 Å². The minimum atomic E-state index is -0.972. The van der Waals surface area contributed by atoms with Crippen LogP contribution in [0.25, 0.3) is 0 Å². The molecular weight excluding hydrogens is 420 g/mol. The minimum Gasteiger partial charge on any atom is -0.449 e. The van der Waals surface area contributed by atoms with Gasteiger partial charge in [-0.2, -0.15) is 0 Å². The lowest BCUT2D eigenvalue weighted by atomic mass is 9.86. The third-order valence-corrected chi connectivity index (χ3v) is 6.57. The lowest BCUT2D eigenvalue weighted by molar-refractivity contribution is -0.130. The Labute approximate surface area is 193 Å². The first kappa shape index (κ1) is 22.7. The van der Waals surface area contributed by atoms with E-state index in [1.807, 2.05) is 19.1 Å². The molecule has 0 saturated heterocycles. The summed E-state index contributed by atoms with van der Waals surface area (Å²) in [6.07, 6.45) is 3.26. The summed E-state index contributed by atoms with van der Waals surface area (Å²) < 4.78 is 5.37. The Morgan fingerprint density at radius 1 is 1.03 bits per heavy atom. The van der Waals surface area contributed by atoms with Gasteiger partial charge >= 0.3 is 5.97 Å². The van der Waals surface area contributed by atoms with E-state index in [4.69, 9.17) is 4.74 Å². The van der Waals surface area contributed by atoms with Crippen molar-refractivity contribution in [3.05, 3.63) is 64.7 Å². The number of carbonyl (C=O) groups is 4. The van der Waals surface area contributed by atoms with Gasteiger partial charge in [0.05, 0.1) is 22.4 Å². The van der Waals surface area contributed by atoms with Crippen LogP contribution in [0.4, 0.5) is 5.69 Å². The number of benzene rings is 2. The molecule has 172 valence electrons. The van der Waals surface area contributed by atoms with E-state index in [1.54, 1.807) is 12.1 Å². The summed E-state index contributed by atoms with van der Waals surface area (Å²) in [7, 11) is 0. The first-order chi connectivity index (χ1) is 15.8. The molecule has 0 aromatic heterocycles. The Morgan fingerprint density at radius 2 is 1.73 bits per heavy atom. The van der Waals surface area contributed by atoms with Crippen LogP contribution in [0.1, 0.15) is 76.2 Å². The van der Waals surface area contributed by atoms with Crippen molar-refractivity contribution in [3.63, 3.8) is 0 Å². The maximum Gasteiger partial charge on any atom is 0.338 e. The maximum absolute atomic E-state index is 13.0. The summed E-state index contributed by atoms with van der Waals surface area (Å²) in [5, 5.41) is 2.99. The van der Waals surface area contributed by atoms with Gasteiger partial charge in [0, 0.05) is 6.04 Å². The van der Waals surface area contributed by atoms with E-state index in [0.717, 1.165) is 29.7 Å². The van der Waals surface area contributed by atoms with Crippen LogP contribution in [0.2, 0.25) is 0 Å². The van der Waals surface area contributed by atoms with Crippen molar-refractivity contribution >= 4 is 29.4 Å². The number of ether oxygens (including phenoxy) is 1. The summed E-state index contributed by atoms with van der Waals surface area (Å²) in [5.41, 5.74) is 1.80. The molecule has 1 aliphatic heterocycles. The quantitative estimate of drug-likeness (QED) is 0.551. The van der Waals surface area contributed by atoms with Crippen molar-refractivity contribution < 1.29 is 23.9 Å². The highest BCUT2D eigenvalue weighted by atomic mass is 16.5. The Morgan fingerprint density at radius 3 is 2.45 bits per heavy atom. The summed E-state index contributed by atoms with van der Waals surface area (Å²) in [6.45, 7) is 5.47. The molecule has 2 aliphatic rings. The third-order valence-electron chi connectivity index (χ3n) is 6.57. The Balaban J connectivity index is 1.47. The van der Waals surface area contributed by atoms with Crippen LogP contribution < -0.4 is 10.2 Å². The normalized spacial score (nSPS) is 20.9. The Hall–Kier alpha value is -3.48. The Bertz CT molecular complexity index is 1130. The van der Waals surface area contributed by atoms with Gasteiger partial charge in [0.2, 0.25) is 0 Å². The second-order valence-corrected chi connectivity index (χ2v) is 8.92. The number of hydrogen-bond donors (Lipinski definition) is 1. The van der Waals surface area contributed by atoms with Crippen LogP contribution in [-0.4, -0.2) is 35.8 Å². The van der Waals surface area contributed by atoms with Gasteiger partial charge in [-0.1, -0.05) is 38.0 Å². The molecule has 0 unspecified atom stereocenters. The molecule has 2 aromatic rings. The van der Waals surface area contributed by atoms with E-state index in [1.165, 1.54) is 31.5 Å². The number of fused-ring (bicyclic) bond motifs is 1. The highest BCUT2D eigenvalue weighted by molar-refractivity contribution is 6.34. The zero-order valence-corrected chi connectivity index (χ0v) is 19.1. The number of nitrogens with zero attached hydrogens (tertiary/aromatic N) is 1. The first-order valence-electron chi connectivity index (χ1n) is 11.4. The zero-order chi connectivity index (χ0) is 23.7. The number of carbonyl (C=O) groups excluding carboxylic acids is 4. The predicted molar refractivity (Wildman–Crippen MR) is 123 cm³/mol. The standard InChI is InChI=1S/C26H28N2O5/c1-15-8-4-6-10-21(15)27-23(29)17(3)33-26(32)18-12-13-19-20(14-18)25(31)28(24(19)30)22-11-7-5-9-16(22)2/h5,7,9,11-15,17,21H,4,6,8,10H2,1-3H3,(H,27,29)/t15-,17-,21-/m1/s1. The summed E-state index contributed by atoms with van der Waals surface area (Å²) >= 11 is 0. The molecule has 7 nitrogen and oxygen atoms in total. The molecule has 1 saturated carbocycles. The van der Waals surface area contributed by atoms with Crippen LogP contribution in [0.5, 0.6) is 0 Å². The molecule has 1 heterocycles. The number of esters is 1. The molecule has 0 bridgehead atoms. The van der Waals surface area contributed by atoms with Crippen molar-refractivity contribution in [2.75, 3.05) is 4.90 Å². The summed E-state index contributed by atoms with van der Waals surface area (Å²) in [5.74, 6) is -1.58. The van der Waals surface area contributed by atoms with E-state index in [-0.39, 0.29) is 28.6 Å². The number of aryl methyl sites for hydroxylation is 1. The predicted octanol–water partition coefficient (Wildman–Crippen LogP) is 4.04. The van der Waals surface area contributed by atoms with Crippen molar-refractivity contribution in [1.29, 1.82) is 0 Å². The van der Waals surface area contributed by atoms with Gasteiger partial charge in [-0.3, -0.25) is 14.4 Å². The second kappa shape index (κ2) is 9.17. The molecule has 1 N–H and O–H groups in total. The fourth-order valence-corrected chi connectivity index (χ4v) is 4.51. The number of imide groups is 1. The van der Waals surface area contributed by atoms with Gasteiger partial charge in [0.15, 0.2) is 6.10 Å². The second-order valence-electron chi connectivity index (χ2n) is 8.92. The van der Waals surface area contributed by atoms with Crippen molar-refractivity contribution in [1.82, 2.24) is 5.32 Å². The number of amides is 3. The molecular formula is C26H28N2O5. The molecule has 0 radical (unpaired) electrons. The van der Waals surface area contributed by atoms with Crippen molar-refractivity contribution in [3.8, 4) is 0 Å². The lowest BCUT2D eigenvalue weighted by Crippen LogP contribution is -2.46. The van der Waals surface area contributed by atoms with E-state index < -0.39 is 23.9 Å². The number of para-hydroxylation sites is 1. The highest BCUT2D eigenvalue weighted by Crippen LogP contribution is 2.31. The van der Waals surface area contributed by atoms with Gasteiger partial charge in [-0.15, -0.1) is 0 Å². The van der Waals surface area contributed by atoms with Crippen LogP contribution in [0, 0.1) is 12.8 Å². The molecule has 1 fully saturated rings. The smallest absolute Gasteiger partial charge is 0.338 e. The lowest BCUT2D eigenvalue weighted by Gasteiger charge is -2.30. The van der Waals surface area contributed by atoms with Crippen LogP contribution in [0.3, 0.4) is 0 Å². The van der Waals surface area contributed by atoms with Gasteiger partial charge in [0.25, 0.3) is 17.7 Å². The molecule has 1 aliphatic carbocycles. The SMILES string of the molecule is Cc1ccccc1N1C(=O)c2ccc(C(=O)O[C@H](C)C(=O)N[C@@H]3CCCC[C@H]3C)cc2C1=O. The molecule has 33 heavy (non-hydrogen) atoms. The van der Waals surface area contributed by atoms with Crippen molar-refractivity contribution in [2.24, 2.45) is 5.92 Å². The fraction of sp³-hybridized carbons (Fsp3) is 0.385. The molecule has 4 rings (SSSR count). The van der Waals surface area contributed by atoms with E-state index in [2.05, 4.69) is 12.2 Å². The number of rotatable bonds is 5. The third kappa shape index (κ3) is 4.40. The van der Waals surface area contributed by atoms with Crippen molar-refractivity contribution in [2.45, 2.75) is 58.6 Å². The summed E-state index contributed by atoms with van der Waals surface area (Å²) in [6, 6.07) is 11.5. The van der Waals surface area contributed by atoms with Gasteiger partial charge in [-0.25, -0.2) is 9.69 Å². The van der Waals surface area contributed by atoms with Crippen LogP contribution in [-0.2, 0) is 9.53 Å². The van der Waals surface area contributed by atoms with Crippen LogP contribution in [0.15, 0.2) is 42.5 Å². The highest BCUT2D eigenvalue weighted by Gasteiger charge is 2.38. The monoisotopic (exact) mass is 448 g/mol. The molecule has 3 amide bonds. The molecule has 3 atom stereocenters. The van der Waals surface area contributed by atoms with Crippen LogP contribution >= 0.6 is 0 Å². The number of anilines is 1. The fourth-order valence-electron chi connectivity index (χ4n) is 4.51. The average molecular weight is 449 g/mol. The van der Waals surface area contributed by atoms with Gasteiger partial charge in [0.1, 0.15) is 0 Å². The zero-order valence-electron chi connectivity index (χ0n) is 19.1. The largest absolute Gasteiger partial charge is 0.449 e. The maximum atomic E-state index is 13.0. The molecule has 2 aromatic carbocycles. The number of hydrogen-bond acceptors (Lipinski definition) is 5. The average Bonchev–Trinajstić information content (AvgIpc) is 3.05. The van der Waals surface area contributed by atoms with E-state index >= 15 is 0 Å². The number of nitrogens with one attached hydrogen (secondary N) is 1. The topological polar surface area (TPSA) is 92.8 Å². The summed E-state index contributed by atoms with van der Waals surface area (Å²) in [4.78, 5) is 52.2. The molecule has 7 heteroatoms. The first-order valence-corrected chi connectivity index (χ1v) is 11.4.